The standard InChI is InChI=1S/C20H27N3O2/c24-19-7-3-8-20(25)23(19)12-4-11-21-13-14-22-17(15-21)10-9-16-5-1-2-6-18(16)22/h1-2,5-6,17H,3-4,7-15H2. The molecule has 0 radical (unpaired) electrons. The molecule has 0 aromatic heterocycles. The Morgan fingerprint density at radius 3 is 2.60 bits per heavy atom. The first-order chi connectivity index (χ1) is 12.2. The van der Waals surface area contributed by atoms with Crippen molar-refractivity contribution in [3.63, 3.8) is 0 Å². The molecule has 0 saturated carbocycles. The summed E-state index contributed by atoms with van der Waals surface area (Å²) >= 11 is 0. The molecule has 5 heteroatoms. The van der Waals surface area contributed by atoms with Crippen LogP contribution < -0.4 is 4.90 Å². The molecule has 3 heterocycles. The minimum atomic E-state index is 0.0185. The highest BCUT2D eigenvalue weighted by Gasteiger charge is 2.31. The molecule has 0 N–H and O–H groups in total. The highest BCUT2D eigenvalue weighted by molar-refractivity contribution is 5.97. The largest absolute Gasteiger partial charge is 0.366 e. The lowest BCUT2D eigenvalue weighted by Gasteiger charge is -2.46. The molecule has 3 aliphatic rings. The number of piperidine rings is 1. The van der Waals surface area contributed by atoms with Gasteiger partial charge in [0.2, 0.25) is 11.8 Å². The van der Waals surface area contributed by atoms with Gasteiger partial charge >= 0.3 is 0 Å². The first kappa shape index (κ1) is 16.6. The molecule has 25 heavy (non-hydrogen) atoms. The molecule has 0 aliphatic carbocycles. The minimum absolute atomic E-state index is 0.0185. The van der Waals surface area contributed by atoms with E-state index in [1.165, 1.54) is 29.0 Å². The Morgan fingerprint density at radius 1 is 0.960 bits per heavy atom. The smallest absolute Gasteiger partial charge is 0.229 e. The average molecular weight is 341 g/mol. The summed E-state index contributed by atoms with van der Waals surface area (Å²) in [5.41, 5.74) is 2.90. The molecule has 5 nitrogen and oxygen atoms in total. The summed E-state index contributed by atoms with van der Waals surface area (Å²) in [5, 5.41) is 0. The van der Waals surface area contributed by atoms with E-state index < -0.39 is 0 Å². The average Bonchev–Trinajstić information content (AvgIpc) is 2.64. The molecule has 3 aliphatic heterocycles. The summed E-state index contributed by atoms with van der Waals surface area (Å²) in [4.78, 5) is 30.3. The molecule has 4 rings (SSSR count). The van der Waals surface area contributed by atoms with Gasteiger partial charge in [-0.25, -0.2) is 0 Å². The fourth-order valence-corrected chi connectivity index (χ4v) is 4.51. The van der Waals surface area contributed by atoms with Gasteiger partial charge in [0.15, 0.2) is 0 Å². The van der Waals surface area contributed by atoms with Crippen molar-refractivity contribution in [2.75, 3.05) is 37.6 Å². The number of anilines is 1. The third-order valence-corrected chi connectivity index (χ3v) is 5.85. The SMILES string of the molecule is O=C1CCCC(=O)N1CCCN1CCN2c3ccccc3CCC2C1. The summed E-state index contributed by atoms with van der Waals surface area (Å²) in [6, 6.07) is 9.38. The fourth-order valence-electron chi connectivity index (χ4n) is 4.51. The predicted octanol–water partition coefficient (Wildman–Crippen LogP) is 2.05. The number of carbonyl (C=O) groups is 2. The first-order valence-corrected chi connectivity index (χ1v) is 9.62. The number of aryl methyl sites for hydroxylation is 1. The fraction of sp³-hybridized carbons (Fsp3) is 0.600. The van der Waals surface area contributed by atoms with Crippen LogP contribution in [0.3, 0.4) is 0 Å². The van der Waals surface area contributed by atoms with Crippen LogP contribution >= 0.6 is 0 Å². The summed E-state index contributed by atoms with van der Waals surface area (Å²) in [6.07, 6.45) is 5.07. The normalized spacial score (nSPS) is 24.2. The maximum atomic E-state index is 11.9. The minimum Gasteiger partial charge on any atom is -0.366 e. The number of hydrogen-bond donors (Lipinski definition) is 0. The van der Waals surface area contributed by atoms with Crippen LogP contribution in [0.2, 0.25) is 0 Å². The van der Waals surface area contributed by atoms with Crippen molar-refractivity contribution in [3.8, 4) is 0 Å². The number of imide groups is 1. The van der Waals surface area contributed by atoms with E-state index in [1.807, 2.05) is 0 Å². The van der Waals surface area contributed by atoms with Crippen LogP contribution in [0.25, 0.3) is 0 Å². The third kappa shape index (κ3) is 3.43. The predicted molar refractivity (Wildman–Crippen MR) is 97.5 cm³/mol. The number of carbonyl (C=O) groups excluding carboxylic acids is 2. The number of amides is 2. The molecule has 1 aromatic rings. The lowest BCUT2D eigenvalue weighted by Crippen LogP contribution is -2.55. The molecule has 2 saturated heterocycles. The van der Waals surface area contributed by atoms with Crippen molar-refractivity contribution in [2.45, 2.75) is 44.6 Å². The lowest BCUT2D eigenvalue weighted by atomic mass is 9.94. The number of hydrogen-bond acceptors (Lipinski definition) is 4. The van der Waals surface area contributed by atoms with Crippen LogP contribution in [0, 0.1) is 0 Å². The van der Waals surface area contributed by atoms with Gasteiger partial charge in [0.05, 0.1) is 0 Å². The Morgan fingerprint density at radius 2 is 1.76 bits per heavy atom. The monoisotopic (exact) mass is 341 g/mol. The van der Waals surface area contributed by atoms with Gasteiger partial charge < -0.3 is 4.90 Å². The van der Waals surface area contributed by atoms with E-state index in [9.17, 15) is 9.59 Å². The van der Waals surface area contributed by atoms with E-state index in [0.717, 1.165) is 39.0 Å². The van der Waals surface area contributed by atoms with E-state index in [4.69, 9.17) is 0 Å². The van der Waals surface area contributed by atoms with Crippen molar-refractivity contribution in [3.05, 3.63) is 29.8 Å². The molecule has 0 spiro atoms. The van der Waals surface area contributed by atoms with Crippen LogP contribution in [-0.2, 0) is 16.0 Å². The third-order valence-electron chi connectivity index (χ3n) is 5.85. The van der Waals surface area contributed by atoms with Crippen molar-refractivity contribution in [1.82, 2.24) is 9.80 Å². The van der Waals surface area contributed by atoms with Crippen molar-refractivity contribution in [2.24, 2.45) is 0 Å². The zero-order valence-corrected chi connectivity index (χ0v) is 14.8. The van der Waals surface area contributed by atoms with E-state index in [2.05, 4.69) is 34.1 Å². The molecule has 1 aromatic carbocycles. The molecule has 1 atom stereocenters. The van der Waals surface area contributed by atoms with Gasteiger partial charge in [-0.15, -0.1) is 0 Å². The van der Waals surface area contributed by atoms with Gasteiger partial charge in [-0.1, -0.05) is 18.2 Å². The van der Waals surface area contributed by atoms with Gasteiger partial charge in [-0.3, -0.25) is 19.4 Å². The zero-order valence-electron chi connectivity index (χ0n) is 14.8. The number of fused-ring (bicyclic) bond motifs is 3. The topological polar surface area (TPSA) is 43.9 Å². The molecule has 2 fully saturated rings. The Bertz CT molecular complexity index is 644. The Labute approximate surface area is 149 Å². The molecule has 0 bridgehead atoms. The number of benzene rings is 1. The van der Waals surface area contributed by atoms with Crippen molar-refractivity contribution in [1.29, 1.82) is 0 Å². The second-order valence-electron chi connectivity index (χ2n) is 7.46. The number of piperazine rings is 1. The van der Waals surface area contributed by atoms with Crippen LogP contribution in [0.1, 0.15) is 37.7 Å². The molecular formula is C20H27N3O2. The van der Waals surface area contributed by atoms with Gasteiger partial charge in [0.25, 0.3) is 0 Å². The van der Waals surface area contributed by atoms with Gasteiger partial charge in [0.1, 0.15) is 0 Å². The Hall–Kier alpha value is -1.88. The molecule has 1 unspecified atom stereocenters. The van der Waals surface area contributed by atoms with Crippen molar-refractivity contribution < 1.29 is 9.59 Å². The summed E-state index contributed by atoms with van der Waals surface area (Å²) in [7, 11) is 0. The van der Waals surface area contributed by atoms with E-state index in [-0.39, 0.29) is 11.8 Å². The van der Waals surface area contributed by atoms with Crippen LogP contribution in [0.15, 0.2) is 24.3 Å². The van der Waals surface area contributed by atoms with Gasteiger partial charge in [-0.05, 0) is 43.9 Å². The number of para-hydroxylation sites is 1. The lowest BCUT2D eigenvalue weighted by molar-refractivity contribution is -0.148. The quantitative estimate of drug-likeness (QED) is 0.786. The highest BCUT2D eigenvalue weighted by Crippen LogP contribution is 2.32. The number of likely N-dealkylation sites (tertiary alicyclic amines) is 1. The zero-order chi connectivity index (χ0) is 17.2. The van der Waals surface area contributed by atoms with Crippen LogP contribution in [-0.4, -0.2) is 60.4 Å². The second-order valence-corrected chi connectivity index (χ2v) is 7.46. The first-order valence-electron chi connectivity index (χ1n) is 9.62. The summed E-state index contributed by atoms with van der Waals surface area (Å²) < 4.78 is 0. The Balaban J connectivity index is 1.29. The van der Waals surface area contributed by atoms with E-state index in [0.29, 0.717) is 25.4 Å². The summed E-state index contributed by atoms with van der Waals surface area (Å²) in [6.45, 7) is 4.79. The second kappa shape index (κ2) is 7.16. The van der Waals surface area contributed by atoms with E-state index in [1.54, 1.807) is 0 Å². The maximum Gasteiger partial charge on any atom is 0.229 e. The Kier molecular flexibility index (Phi) is 4.75. The van der Waals surface area contributed by atoms with Crippen LogP contribution in [0.4, 0.5) is 5.69 Å². The molecule has 134 valence electrons. The van der Waals surface area contributed by atoms with Crippen LogP contribution in [0.5, 0.6) is 0 Å². The van der Waals surface area contributed by atoms with Gasteiger partial charge in [0, 0.05) is 50.7 Å². The maximum absolute atomic E-state index is 11.9. The molecular weight excluding hydrogens is 314 g/mol. The highest BCUT2D eigenvalue weighted by atomic mass is 16.2. The van der Waals surface area contributed by atoms with Crippen molar-refractivity contribution >= 4 is 17.5 Å². The number of nitrogens with zero attached hydrogens (tertiary/aromatic N) is 3. The van der Waals surface area contributed by atoms with Gasteiger partial charge in [-0.2, -0.15) is 0 Å². The summed E-state index contributed by atoms with van der Waals surface area (Å²) in [5.74, 6) is 0.0370. The molecule has 2 amide bonds. The number of rotatable bonds is 4. The van der Waals surface area contributed by atoms with E-state index >= 15 is 0 Å².